The van der Waals surface area contributed by atoms with Gasteiger partial charge in [0.25, 0.3) is 0 Å². The highest BCUT2D eigenvalue weighted by Crippen LogP contribution is 2.30. The second-order valence-electron chi connectivity index (χ2n) is 4.13. The summed E-state index contributed by atoms with van der Waals surface area (Å²) in [5.74, 6) is 1.32. The van der Waals surface area contributed by atoms with Gasteiger partial charge in [0.05, 0.1) is 5.56 Å². The molecule has 3 heteroatoms. The first kappa shape index (κ1) is 12.8. The highest BCUT2D eigenvalue weighted by atomic mass is 79.9. The van der Waals surface area contributed by atoms with E-state index in [4.69, 9.17) is 4.74 Å². The number of aldehydes is 1. The number of para-hydroxylation sites is 1. The first-order valence-corrected chi connectivity index (χ1v) is 6.40. The molecular formula is C15H13BrO2. The van der Waals surface area contributed by atoms with Crippen LogP contribution in [-0.2, 0) is 0 Å². The first-order chi connectivity index (χ1) is 8.61. The quantitative estimate of drug-likeness (QED) is 0.770. The van der Waals surface area contributed by atoms with E-state index in [1.807, 2.05) is 38.1 Å². The van der Waals surface area contributed by atoms with Crippen molar-refractivity contribution < 1.29 is 9.53 Å². The van der Waals surface area contributed by atoms with Crippen LogP contribution in [0.2, 0.25) is 0 Å². The smallest absolute Gasteiger partial charge is 0.153 e. The zero-order chi connectivity index (χ0) is 13.1. The maximum atomic E-state index is 10.9. The van der Waals surface area contributed by atoms with Crippen molar-refractivity contribution in [3.05, 3.63) is 57.6 Å². The van der Waals surface area contributed by atoms with Crippen LogP contribution in [0.5, 0.6) is 11.5 Å². The van der Waals surface area contributed by atoms with E-state index in [1.165, 1.54) is 0 Å². The standard InChI is InChI=1S/C15H13BrO2/c1-10-7-13(8-11(2)15(10)16)18-14-6-4-3-5-12(14)9-17/h3-9H,1-2H3. The topological polar surface area (TPSA) is 26.3 Å². The van der Waals surface area contributed by atoms with Gasteiger partial charge in [0.15, 0.2) is 6.29 Å². The van der Waals surface area contributed by atoms with Crippen molar-refractivity contribution in [2.45, 2.75) is 13.8 Å². The number of hydrogen-bond acceptors (Lipinski definition) is 2. The van der Waals surface area contributed by atoms with Crippen molar-refractivity contribution in [1.29, 1.82) is 0 Å². The Kier molecular flexibility index (Phi) is 3.82. The average Bonchev–Trinajstić information content (AvgIpc) is 2.36. The third kappa shape index (κ3) is 2.62. The molecule has 0 radical (unpaired) electrons. The van der Waals surface area contributed by atoms with Crippen molar-refractivity contribution >= 4 is 22.2 Å². The summed E-state index contributed by atoms with van der Waals surface area (Å²) in [5.41, 5.74) is 2.76. The van der Waals surface area contributed by atoms with Gasteiger partial charge in [-0.3, -0.25) is 4.79 Å². The molecule has 0 aromatic heterocycles. The minimum atomic E-state index is 0.552. The molecule has 0 N–H and O–H groups in total. The lowest BCUT2D eigenvalue weighted by Gasteiger charge is -2.11. The molecule has 0 bridgehead atoms. The fourth-order valence-electron chi connectivity index (χ4n) is 1.76. The van der Waals surface area contributed by atoms with Gasteiger partial charge in [-0.2, -0.15) is 0 Å². The summed E-state index contributed by atoms with van der Waals surface area (Å²) in [7, 11) is 0. The lowest BCUT2D eigenvalue weighted by atomic mass is 10.1. The molecule has 0 aliphatic rings. The van der Waals surface area contributed by atoms with Crippen LogP contribution in [0.15, 0.2) is 40.9 Å². The average molecular weight is 305 g/mol. The molecule has 0 unspecified atom stereocenters. The van der Waals surface area contributed by atoms with E-state index in [-0.39, 0.29) is 0 Å². The summed E-state index contributed by atoms with van der Waals surface area (Å²) in [6, 6.07) is 11.1. The van der Waals surface area contributed by atoms with Crippen molar-refractivity contribution in [3.63, 3.8) is 0 Å². The monoisotopic (exact) mass is 304 g/mol. The van der Waals surface area contributed by atoms with Gasteiger partial charge in [-0.1, -0.05) is 28.1 Å². The molecule has 0 spiro atoms. The van der Waals surface area contributed by atoms with Gasteiger partial charge in [-0.15, -0.1) is 0 Å². The number of benzene rings is 2. The zero-order valence-electron chi connectivity index (χ0n) is 10.2. The molecule has 0 aliphatic carbocycles. The number of ether oxygens (including phenoxy) is 1. The molecule has 92 valence electrons. The van der Waals surface area contributed by atoms with Crippen LogP contribution in [0, 0.1) is 13.8 Å². The molecular weight excluding hydrogens is 292 g/mol. The number of hydrogen-bond donors (Lipinski definition) is 0. The number of carbonyl (C=O) groups excluding carboxylic acids is 1. The Morgan fingerprint density at radius 1 is 1.11 bits per heavy atom. The van der Waals surface area contributed by atoms with Gasteiger partial charge < -0.3 is 4.74 Å². The fraction of sp³-hybridized carbons (Fsp3) is 0.133. The number of carbonyl (C=O) groups is 1. The van der Waals surface area contributed by atoms with Crippen molar-refractivity contribution in [2.24, 2.45) is 0 Å². The molecule has 2 rings (SSSR count). The molecule has 18 heavy (non-hydrogen) atoms. The lowest BCUT2D eigenvalue weighted by molar-refractivity contribution is 0.112. The molecule has 0 amide bonds. The Labute approximate surface area is 115 Å². The highest BCUT2D eigenvalue weighted by Gasteiger charge is 2.06. The Bertz CT molecular complexity index is 568. The van der Waals surface area contributed by atoms with E-state index in [1.54, 1.807) is 12.1 Å². The maximum Gasteiger partial charge on any atom is 0.153 e. The van der Waals surface area contributed by atoms with Gasteiger partial charge in [0.2, 0.25) is 0 Å². The summed E-state index contributed by atoms with van der Waals surface area (Å²) in [5, 5.41) is 0. The van der Waals surface area contributed by atoms with Gasteiger partial charge >= 0.3 is 0 Å². The molecule has 2 aromatic rings. The maximum absolute atomic E-state index is 10.9. The second-order valence-corrected chi connectivity index (χ2v) is 4.92. The Hall–Kier alpha value is -1.61. The Morgan fingerprint density at radius 2 is 1.72 bits per heavy atom. The van der Waals surface area contributed by atoms with E-state index < -0.39 is 0 Å². The minimum Gasteiger partial charge on any atom is -0.457 e. The zero-order valence-corrected chi connectivity index (χ0v) is 11.8. The van der Waals surface area contributed by atoms with Crippen LogP contribution in [0.1, 0.15) is 21.5 Å². The molecule has 0 saturated carbocycles. The van der Waals surface area contributed by atoms with Crippen LogP contribution in [0.3, 0.4) is 0 Å². The molecule has 0 fully saturated rings. The van der Waals surface area contributed by atoms with Gasteiger partial charge in [-0.25, -0.2) is 0 Å². The molecule has 0 atom stereocenters. The van der Waals surface area contributed by atoms with Gasteiger partial charge in [-0.05, 0) is 49.2 Å². The van der Waals surface area contributed by atoms with Crippen LogP contribution < -0.4 is 4.74 Å². The number of aryl methyl sites for hydroxylation is 2. The van der Waals surface area contributed by atoms with Crippen molar-refractivity contribution in [2.75, 3.05) is 0 Å². The van der Waals surface area contributed by atoms with Crippen LogP contribution in [0.25, 0.3) is 0 Å². The summed E-state index contributed by atoms with van der Waals surface area (Å²) in [6.07, 6.45) is 0.800. The summed E-state index contributed by atoms with van der Waals surface area (Å²) in [4.78, 5) is 10.9. The molecule has 0 saturated heterocycles. The Balaban J connectivity index is 2.37. The van der Waals surface area contributed by atoms with Crippen molar-refractivity contribution in [3.8, 4) is 11.5 Å². The third-order valence-corrected chi connectivity index (χ3v) is 3.93. The third-order valence-electron chi connectivity index (χ3n) is 2.68. The summed E-state index contributed by atoms with van der Waals surface area (Å²) < 4.78 is 6.85. The fourth-order valence-corrected chi connectivity index (χ4v) is 1.99. The first-order valence-electron chi connectivity index (χ1n) is 5.60. The minimum absolute atomic E-state index is 0.552. The van der Waals surface area contributed by atoms with Gasteiger partial charge in [0.1, 0.15) is 11.5 Å². The predicted molar refractivity (Wildman–Crippen MR) is 75.5 cm³/mol. The van der Waals surface area contributed by atoms with Crippen LogP contribution in [0.4, 0.5) is 0 Å². The van der Waals surface area contributed by atoms with E-state index >= 15 is 0 Å². The van der Waals surface area contributed by atoms with Crippen LogP contribution >= 0.6 is 15.9 Å². The SMILES string of the molecule is Cc1cc(Oc2ccccc2C=O)cc(C)c1Br. The van der Waals surface area contributed by atoms with E-state index in [0.717, 1.165) is 27.6 Å². The molecule has 0 heterocycles. The molecule has 2 nitrogen and oxygen atoms in total. The number of halogens is 1. The largest absolute Gasteiger partial charge is 0.457 e. The van der Waals surface area contributed by atoms with Crippen molar-refractivity contribution in [1.82, 2.24) is 0 Å². The van der Waals surface area contributed by atoms with E-state index in [9.17, 15) is 4.79 Å². The normalized spacial score (nSPS) is 10.2. The predicted octanol–water partition coefficient (Wildman–Crippen LogP) is 4.67. The summed E-state index contributed by atoms with van der Waals surface area (Å²) >= 11 is 3.52. The number of rotatable bonds is 3. The summed E-state index contributed by atoms with van der Waals surface area (Å²) in [6.45, 7) is 4.02. The Morgan fingerprint density at radius 3 is 2.33 bits per heavy atom. The van der Waals surface area contributed by atoms with E-state index in [2.05, 4.69) is 15.9 Å². The molecule has 2 aromatic carbocycles. The van der Waals surface area contributed by atoms with Gasteiger partial charge in [0, 0.05) is 4.47 Å². The van der Waals surface area contributed by atoms with E-state index in [0.29, 0.717) is 11.3 Å². The highest BCUT2D eigenvalue weighted by molar-refractivity contribution is 9.10. The van der Waals surface area contributed by atoms with Crippen LogP contribution in [-0.4, -0.2) is 6.29 Å². The molecule has 0 aliphatic heterocycles. The second kappa shape index (κ2) is 5.36. The lowest BCUT2D eigenvalue weighted by Crippen LogP contribution is -1.92.